The second-order valence-electron chi connectivity index (χ2n) is 5.39. The van der Waals surface area contributed by atoms with Crippen molar-refractivity contribution >= 4 is 22.4 Å². The van der Waals surface area contributed by atoms with E-state index in [0.29, 0.717) is 6.54 Å². The second kappa shape index (κ2) is 6.95. The van der Waals surface area contributed by atoms with E-state index in [1.54, 1.807) is 25.3 Å². The van der Waals surface area contributed by atoms with Crippen LogP contribution in [0.15, 0.2) is 17.5 Å². The number of carbonyl (C=O) groups excluding carboxylic acids is 1. The number of thiophene rings is 1. The van der Waals surface area contributed by atoms with Gasteiger partial charge < -0.3 is 20.2 Å². The predicted octanol–water partition coefficient (Wildman–Crippen LogP) is 1.74. The molecule has 1 aliphatic heterocycles. The van der Waals surface area contributed by atoms with Crippen molar-refractivity contribution in [1.82, 2.24) is 10.2 Å². The summed E-state index contributed by atoms with van der Waals surface area (Å²) in [6, 6.07) is 4.34. The maximum absolute atomic E-state index is 11.9. The van der Waals surface area contributed by atoms with E-state index in [1.165, 1.54) is 9.90 Å². The fourth-order valence-electron chi connectivity index (χ4n) is 2.46. The largest absolute Gasteiger partial charge is 0.392 e. The van der Waals surface area contributed by atoms with Gasteiger partial charge in [-0.15, -0.1) is 11.3 Å². The molecule has 112 valence electrons. The van der Waals surface area contributed by atoms with E-state index in [4.69, 9.17) is 0 Å². The average molecular weight is 297 g/mol. The first-order valence-electron chi connectivity index (χ1n) is 7.04. The number of likely N-dealkylation sites (N-methyl/N-ethyl adjacent to an activating group) is 1. The van der Waals surface area contributed by atoms with Crippen LogP contribution in [0, 0.1) is 0 Å². The monoisotopic (exact) mass is 297 g/mol. The lowest BCUT2D eigenvalue weighted by atomic mass is 10.1. The zero-order valence-electron chi connectivity index (χ0n) is 12.1. The first kappa shape index (κ1) is 15.1. The molecule has 1 aromatic rings. The van der Waals surface area contributed by atoms with Crippen molar-refractivity contribution < 1.29 is 9.90 Å². The van der Waals surface area contributed by atoms with Gasteiger partial charge >= 0.3 is 6.03 Å². The number of nitrogens with zero attached hydrogens (tertiary/aromatic N) is 2. The summed E-state index contributed by atoms with van der Waals surface area (Å²) in [6.07, 6.45) is 1.43. The second-order valence-corrected chi connectivity index (χ2v) is 6.32. The van der Waals surface area contributed by atoms with E-state index in [0.717, 1.165) is 25.9 Å². The number of aliphatic hydroxyl groups excluding tert-OH is 1. The van der Waals surface area contributed by atoms with Crippen LogP contribution in [0.25, 0.3) is 0 Å². The Labute approximate surface area is 124 Å². The molecule has 20 heavy (non-hydrogen) atoms. The Bertz CT molecular complexity index is 414. The minimum Gasteiger partial charge on any atom is -0.392 e. The van der Waals surface area contributed by atoms with Gasteiger partial charge in [-0.2, -0.15) is 0 Å². The van der Waals surface area contributed by atoms with E-state index >= 15 is 0 Å². The van der Waals surface area contributed by atoms with Gasteiger partial charge in [-0.3, -0.25) is 0 Å². The molecule has 1 saturated heterocycles. The molecule has 5 nitrogen and oxygen atoms in total. The van der Waals surface area contributed by atoms with E-state index < -0.39 is 6.10 Å². The first-order chi connectivity index (χ1) is 9.56. The Balaban J connectivity index is 1.75. The van der Waals surface area contributed by atoms with Crippen LogP contribution in [-0.2, 0) is 0 Å². The Hall–Kier alpha value is -1.27. The number of urea groups is 1. The summed E-state index contributed by atoms with van der Waals surface area (Å²) in [7, 11) is 1.71. The Morgan fingerprint density at radius 1 is 1.60 bits per heavy atom. The topological polar surface area (TPSA) is 55.8 Å². The first-order valence-corrected chi connectivity index (χ1v) is 7.92. The highest BCUT2D eigenvalue weighted by Gasteiger charge is 2.22. The van der Waals surface area contributed by atoms with Gasteiger partial charge in [0, 0.05) is 32.7 Å². The van der Waals surface area contributed by atoms with E-state index in [-0.39, 0.29) is 12.1 Å². The summed E-state index contributed by atoms with van der Waals surface area (Å²) >= 11 is 1.76. The molecule has 1 aromatic heterocycles. The summed E-state index contributed by atoms with van der Waals surface area (Å²) < 4.78 is 0. The lowest BCUT2D eigenvalue weighted by Crippen LogP contribution is -2.49. The molecule has 2 heterocycles. The summed E-state index contributed by atoms with van der Waals surface area (Å²) in [5, 5.41) is 15.7. The number of hydrogen-bond acceptors (Lipinski definition) is 4. The van der Waals surface area contributed by atoms with Crippen LogP contribution in [0.2, 0.25) is 0 Å². The fourth-order valence-corrected chi connectivity index (χ4v) is 3.24. The highest BCUT2D eigenvalue weighted by Crippen LogP contribution is 2.24. The minimum absolute atomic E-state index is 0.0968. The molecule has 0 aromatic carbocycles. The summed E-state index contributed by atoms with van der Waals surface area (Å²) in [6.45, 7) is 4.00. The van der Waals surface area contributed by atoms with Gasteiger partial charge in [0.1, 0.15) is 0 Å². The number of piperidine rings is 1. The Kier molecular flexibility index (Phi) is 5.25. The SMILES string of the molecule is CC(O)CN(C)C(=O)NC1CCN(c2cccs2)CC1. The summed E-state index contributed by atoms with van der Waals surface area (Å²) in [5.74, 6) is 0. The van der Waals surface area contributed by atoms with E-state index in [2.05, 4.69) is 27.7 Å². The molecule has 0 bridgehead atoms. The number of nitrogens with one attached hydrogen (secondary N) is 1. The van der Waals surface area contributed by atoms with Gasteiger partial charge in [-0.25, -0.2) is 4.79 Å². The van der Waals surface area contributed by atoms with Crippen molar-refractivity contribution in [2.75, 3.05) is 31.6 Å². The maximum Gasteiger partial charge on any atom is 0.317 e. The lowest BCUT2D eigenvalue weighted by molar-refractivity contribution is 0.141. The molecule has 2 rings (SSSR count). The van der Waals surface area contributed by atoms with Crippen LogP contribution in [0.4, 0.5) is 9.80 Å². The molecular formula is C14H23N3O2S. The zero-order valence-corrected chi connectivity index (χ0v) is 12.9. The predicted molar refractivity (Wildman–Crippen MR) is 82.4 cm³/mol. The number of carbonyl (C=O) groups is 1. The van der Waals surface area contributed by atoms with Gasteiger partial charge in [0.05, 0.1) is 11.1 Å². The van der Waals surface area contributed by atoms with Gasteiger partial charge in [-0.1, -0.05) is 0 Å². The fraction of sp³-hybridized carbons (Fsp3) is 0.643. The molecule has 2 N–H and O–H groups in total. The number of aliphatic hydroxyl groups is 1. The third-order valence-electron chi connectivity index (χ3n) is 3.53. The average Bonchev–Trinajstić information content (AvgIpc) is 2.92. The molecule has 1 aliphatic rings. The molecule has 1 unspecified atom stereocenters. The summed E-state index contributed by atoms with van der Waals surface area (Å²) in [4.78, 5) is 15.9. The number of hydrogen-bond donors (Lipinski definition) is 2. The minimum atomic E-state index is -0.494. The van der Waals surface area contributed by atoms with E-state index in [1.807, 2.05) is 0 Å². The quantitative estimate of drug-likeness (QED) is 0.890. The third-order valence-corrected chi connectivity index (χ3v) is 4.45. The summed E-state index contributed by atoms with van der Waals surface area (Å²) in [5.41, 5.74) is 0. The van der Waals surface area contributed by atoms with Crippen molar-refractivity contribution in [3.8, 4) is 0 Å². The van der Waals surface area contributed by atoms with Crippen LogP contribution in [0.1, 0.15) is 19.8 Å². The highest BCUT2D eigenvalue weighted by atomic mass is 32.1. The van der Waals surface area contributed by atoms with Crippen molar-refractivity contribution in [3.05, 3.63) is 17.5 Å². The van der Waals surface area contributed by atoms with Crippen molar-refractivity contribution in [1.29, 1.82) is 0 Å². The normalized spacial score (nSPS) is 17.9. The van der Waals surface area contributed by atoms with Gasteiger partial charge in [-0.05, 0) is 37.3 Å². The van der Waals surface area contributed by atoms with Crippen LogP contribution >= 0.6 is 11.3 Å². The molecule has 6 heteroatoms. The Morgan fingerprint density at radius 3 is 2.85 bits per heavy atom. The van der Waals surface area contributed by atoms with Crippen LogP contribution in [-0.4, -0.2) is 54.9 Å². The molecule has 0 saturated carbocycles. The number of rotatable bonds is 4. The van der Waals surface area contributed by atoms with Gasteiger partial charge in [0.2, 0.25) is 0 Å². The molecule has 2 amide bonds. The third kappa shape index (κ3) is 4.11. The van der Waals surface area contributed by atoms with E-state index in [9.17, 15) is 9.90 Å². The van der Waals surface area contributed by atoms with Crippen LogP contribution in [0.5, 0.6) is 0 Å². The van der Waals surface area contributed by atoms with Gasteiger partial charge in [0.15, 0.2) is 0 Å². The zero-order chi connectivity index (χ0) is 14.5. The molecule has 0 aliphatic carbocycles. The molecule has 0 radical (unpaired) electrons. The van der Waals surface area contributed by atoms with Crippen LogP contribution in [0.3, 0.4) is 0 Å². The highest BCUT2D eigenvalue weighted by molar-refractivity contribution is 7.14. The van der Waals surface area contributed by atoms with Crippen molar-refractivity contribution in [2.24, 2.45) is 0 Å². The lowest BCUT2D eigenvalue weighted by Gasteiger charge is -2.33. The number of anilines is 1. The standard InChI is InChI=1S/C14H23N3O2S/c1-11(18)10-16(2)14(19)15-12-5-7-17(8-6-12)13-4-3-9-20-13/h3-4,9,11-12,18H,5-8,10H2,1-2H3,(H,15,19). The maximum atomic E-state index is 11.9. The molecule has 1 fully saturated rings. The molecule has 0 spiro atoms. The van der Waals surface area contributed by atoms with Gasteiger partial charge in [0.25, 0.3) is 0 Å². The Morgan fingerprint density at radius 2 is 2.30 bits per heavy atom. The van der Waals surface area contributed by atoms with Crippen LogP contribution < -0.4 is 10.2 Å². The number of amides is 2. The smallest absolute Gasteiger partial charge is 0.317 e. The molecular weight excluding hydrogens is 274 g/mol. The van der Waals surface area contributed by atoms with Crippen molar-refractivity contribution in [2.45, 2.75) is 31.9 Å². The van der Waals surface area contributed by atoms with Crippen molar-refractivity contribution in [3.63, 3.8) is 0 Å². The molecule has 1 atom stereocenters.